The summed E-state index contributed by atoms with van der Waals surface area (Å²) in [6, 6.07) is 7.04. The molecule has 0 spiro atoms. The van der Waals surface area contributed by atoms with E-state index in [0.29, 0.717) is 23.9 Å². The number of hydrogen-bond acceptors (Lipinski definition) is 4. The lowest BCUT2D eigenvalue weighted by Crippen LogP contribution is -2.43. The van der Waals surface area contributed by atoms with Crippen LogP contribution < -0.4 is 5.32 Å². The van der Waals surface area contributed by atoms with Crippen LogP contribution in [-0.4, -0.2) is 43.5 Å². The third-order valence-corrected chi connectivity index (χ3v) is 7.11. The minimum Gasteiger partial charge on any atom is -0.444 e. The van der Waals surface area contributed by atoms with E-state index in [1.807, 2.05) is 39.8 Å². The first kappa shape index (κ1) is 19.2. The highest BCUT2D eigenvalue weighted by Crippen LogP contribution is 2.44. The van der Waals surface area contributed by atoms with Crippen LogP contribution in [0, 0.1) is 18.8 Å². The van der Waals surface area contributed by atoms with E-state index in [-0.39, 0.29) is 12.0 Å². The van der Waals surface area contributed by atoms with Gasteiger partial charge in [-0.3, -0.25) is 0 Å². The molecule has 1 aliphatic carbocycles. The fourth-order valence-electron chi connectivity index (χ4n) is 3.94. The monoisotopic (exact) mass is 380 g/mol. The third kappa shape index (κ3) is 4.04. The van der Waals surface area contributed by atoms with Crippen molar-refractivity contribution in [2.24, 2.45) is 11.8 Å². The van der Waals surface area contributed by atoms with Gasteiger partial charge in [-0.15, -0.1) is 0 Å². The highest BCUT2D eigenvalue weighted by Gasteiger charge is 2.49. The fourth-order valence-corrected chi connectivity index (χ4v) is 5.64. The van der Waals surface area contributed by atoms with Crippen molar-refractivity contribution in [3.8, 4) is 0 Å². The lowest BCUT2D eigenvalue weighted by Gasteiger charge is -2.31. The van der Waals surface area contributed by atoms with Gasteiger partial charge in [0.15, 0.2) is 0 Å². The van der Waals surface area contributed by atoms with Crippen LogP contribution in [0.1, 0.15) is 39.2 Å². The number of aryl methyl sites for hydroxylation is 1. The van der Waals surface area contributed by atoms with Gasteiger partial charge in [0, 0.05) is 19.1 Å². The molecule has 1 saturated heterocycles. The normalized spacial score (nSPS) is 26.1. The Bertz CT molecular complexity index is 768. The number of nitrogens with zero attached hydrogens (tertiary/aromatic N) is 1. The van der Waals surface area contributed by atoms with E-state index in [4.69, 9.17) is 4.74 Å². The quantitative estimate of drug-likeness (QED) is 0.871. The van der Waals surface area contributed by atoms with Crippen molar-refractivity contribution in [2.75, 3.05) is 13.1 Å². The van der Waals surface area contributed by atoms with Crippen molar-refractivity contribution in [3.05, 3.63) is 29.8 Å². The topological polar surface area (TPSA) is 75.7 Å². The summed E-state index contributed by atoms with van der Waals surface area (Å²) < 4.78 is 32.7. The van der Waals surface area contributed by atoms with Gasteiger partial charge in [0.1, 0.15) is 5.60 Å². The van der Waals surface area contributed by atoms with Crippen molar-refractivity contribution in [1.82, 2.24) is 9.62 Å². The van der Waals surface area contributed by atoms with E-state index in [1.54, 1.807) is 16.4 Å². The Labute approximate surface area is 156 Å². The molecule has 1 aromatic rings. The molecule has 1 heterocycles. The van der Waals surface area contributed by atoms with E-state index in [0.717, 1.165) is 18.4 Å². The Morgan fingerprint density at radius 1 is 1.23 bits per heavy atom. The number of piperidine rings is 1. The van der Waals surface area contributed by atoms with Gasteiger partial charge in [0.2, 0.25) is 10.0 Å². The second kappa shape index (κ2) is 6.85. The van der Waals surface area contributed by atoms with Gasteiger partial charge in [-0.25, -0.2) is 13.2 Å². The summed E-state index contributed by atoms with van der Waals surface area (Å²) in [5, 5.41) is 2.83. The lowest BCUT2D eigenvalue weighted by molar-refractivity contribution is 0.0511. The van der Waals surface area contributed by atoms with Gasteiger partial charge in [0.25, 0.3) is 0 Å². The SMILES string of the molecule is Cc1ccc(S(=O)(=O)N2C[C@H]3C[C@@H]2CC3CNC(=O)OC(C)(C)C)cc1. The minimum absolute atomic E-state index is 0.0248. The molecular weight excluding hydrogens is 352 g/mol. The van der Waals surface area contributed by atoms with Crippen LogP contribution in [0.4, 0.5) is 4.79 Å². The molecular formula is C19H28N2O4S. The largest absolute Gasteiger partial charge is 0.444 e. The van der Waals surface area contributed by atoms with Crippen LogP contribution in [0.2, 0.25) is 0 Å². The van der Waals surface area contributed by atoms with Gasteiger partial charge < -0.3 is 10.1 Å². The molecule has 1 saturated carbocycles. The average Bonchev–Trinajstić information content (AvgIpc) is 3.12. The first-order valence-electron chi connectivity index (χ1n) is 9.11. The second-order valence-corrected chi connectivity index (χ2v) is 10.3. The van der Waals surface area contributed by atoms with Crippen molar-refractivity contribution in [2.45, 2.75) is 57.1 Å². The number of hydrogen-bond donors (Lipinski definition) is 1. The molecule has 3 atom stereocenters. The molecule has 1 aliphatic heterocycles. The number of alkyl carbamates (subject to hydrolysis) is 1. The van der Waals surface area contributed by atoms with Crippen molar-refractivity contribution < 1.29 is 17.9 Å². The van der Waals surface area contributed by atoms with Crippen LogP contribution in [0.5, 0.6) is 0 Å². The predicted octanol–water partition coefficient (Wildman–Crippen LogP) is 2.92. The standard InChI is InChI=1S/C19H28N2O4S/c1-13-5-7-17(8-6-13)26(23,24)21-12-15-10-16(21)9-14(15)11-20-18(22)25-19(2,3)4/h5-8,14-16H,9-12H2,1-4H3,(H,20,22)/t14?,15-,16+/m1/s1. The Morgan fingerprint density at radius 3 is 2.42 bits per heavy atom. The van der Waals surface area contributed by atoms with Crippen LogP contribution in [-0.2, 0) is 14.8 Å². The number of amides is 1. The minimum atomic E-state index is -3.44. The summed E-state index contributed by atoms with van der Waals surface area (Å²) in [5.74, 6) is 0.590. The lowest BCUT2D eigenvalue weighted by atomic mass is 9.95. The molecule has 1 N–H and O–H groups in total. The smallest absolute Gasteiger partial charge is 0.407 e. The van der Waals surface area contributed by atoms with Crippen LogP contribution >= 0.6 is 0 Å². The molecule has 6 nitrogen and oxygen atoms in total. The number of fused-ring (bicyclic) bond motifs is 2. The summed E-state index contributed by atoms with van der Waals surface area (Å²) in [6.07, 6.45) is 1.24. The van der Waals surface area contributed by atoms with Crippen LogP contribution in [0.25, 0.3) is 0 Å². The van der Waals surface area contributed by atoms with Gasteiger partial charge in [-0.05, 0) is 64.5 Å². The van der Waals surface area contributed by atoms with Crippen molar-refractivity contribution in [1.29, 1.82) is 0 Å². The van der Waals surface area contributed by atoms with E-state index in [9.17, 15) is 13.2 Å². The maximum absolute atomic E-state index is 12.9. The van der Waals surface area contributed by atoms with Gasteiger partial charge in [-0.1, -0.05) is 17.7 Å². The highest BCUT2D eigenvalue weighted by molar-refractivity contribution is 7.89. The zero-order chi connectivity index (χ0) is 19.1. The molecule has 1 aromatic carbocycles. The molecule has 2 fully saturated rings. The Kier molecular flexibility index (Phi) is 5.05. The molecule has 26 heavy (non-hydrogen) atoms. The maximum atomic E-state index is 12.9. The average molecular weight is 381 g/mol. The molecule has 0 aromatic heterocycles. The first-order chi connectivity index (χ1) is 12.1. The van der Waals surface area contributed by atoms with Crippen LogP contribution in [0.15, 0.2) is 29.2 Å². The van der Waals surface area contributed by atoms with Crippen molar-refractivity contribution >= 4 is 16.1 Å². The Balaban J connectivity index is 1.58. The number of benzene rings is 1. The third-order valence-electron chi connectivity index (χ3n) is 5.17. The van der Waals surface area contributed by atoms with Gasteiger partial charge in [0.05, 0.1) is 4.90 Å². The summed E-state index contributed by atoms with van der Waals surface area (Å²) in [5.41, 5.74) is 0.526. The fraction of sp³-hybridized carbons (Fsp3) is 0.632. The summed E-state index contributed by atoms with van der Waals surface area (Å²) in [6.45, 7) is 8.50. The summed E-state index contributed by atoms with van der Waals surface area (Å²) >= 11 is 0. The highest BCUT2D eigenvalue weighted by atomic mass is 32.2. The van der Waals surface area contributed by atoms with E-state index in [2.05, 4.69) is 5.32 Å². The van der Waals surface area contributed by atoms with Crippen molar-refractivity contribution in [3.63, 3.8) is 0 Å². The molecule has 1 unspecified atom stereocenters. The summed E-state index contributed by atoms with van der Waals surface area (Å²) in [4.78, 5) is 12.2. The number of rotatable bonds is 4. The van der Waals surface area contributed by atoms with Gasteiger partial charge >= 0.3 is 6.09 Å². The first-order valence-corrected chi connectivity index (χ1v) is 10.6. The van der Waals surface area contributed by atoms with E-state index in [1.165, 1.54) is 0 Å². The molecule has 144 valence electrons. The zero-order valence-corrected chi connectivity index (χ0v) is 16.7. The molecule has 7 heteroatoms. The molecule has 2 aliphatic rings. The van der Waals surface area contributed by atoms with Gasteiger partial charge in [-0.2, -0.15) is 4.31 Å². The maximum Gasteiger partial charge on any atom is 0.407 e. The zero-order valence-electron chi connectivity index (χ0n) is 15.9. The number of carbonyl (C=O) groups is 1. The Hall–Kier alpha value is -1.60. The summed E-state index contributed by atoms with van der Waals surface area (Å²) in [7, 11) is -3.44. The molecule has 2 bridgehead atoms. The number of sulfonamides is 1. The predicted molar refractivity (Wildman–Crippen MR) is 99.3 cm³/mol. The molecule has 3 rings (SSSR count). The number of nitrogens with one attached hydrogen (secondary N) is 1. The number of carbonyl (C=O) groups excluding carboxylic acids is 1. The number of ether oxygens (including phenoxy) is 1. The van der Waals surface area contributed by atoms with E-state index >= 15 is 0 Å². The van der Waals surface area contributed by atoms with E-state index < -0.39 is 21.7 Å². The molecule has 0 radical (unpaired) electrons. The van der Waals surface area contributed by atoms with Crippen LogP contribution in [0.3, 0.4) is 0 Å². The second-order valence-electron chi connectivity index (χ2n) is 8.42. The molecule has 1 amide bonds. The Morgan fingerprint density at radius 2 is 1.88 bits per heavy atom.